The summed E-state index contributed by atoms with van der Waals surface area (Å²) in [6.45, 7) is 0.774. The Balaban J connectivity index is 1.65. The number of rotatable bonds is 6. The highest BCUT2D eigenvalue weighted by Crippen LogP contribution is 2.30. The zero-order valence-corrected chi connectivity index (χ0v) is 14.7. The summed E-state index contributed by atoms with van der Waals surface area (Å²) >= 11 is 0. The van der Waals surface area contributed by atoms with E-state index < -0.39 is 0 Å². The first-order valence-corrected chi connectivity index (χ1v) is 8.58. The maximum absolute atomic E-state index is 12.8. The van der Waals surface area contributed by atoms with Crippen molar-refractivity contribution in [2.24, 2.45) is 0 Å². The minimum absolute atomic E-state index is 0.00848. The Morgan fingerprint density at radius 2 is 2.12 bits per heavy atom. The molecule has 25 heavy (non-hydrogen) atoms. The fraction of sp³-hybridized carbons (Fsp3) is 0.500. The van der Waals surface area contributed by atoms with E-state index in [1.54, 1.807) is 14.2 Å². The van der Waals surface area contributed by atoms with Crippen molar-refractivity contribution >= 4 is 5.91 Å². The first kappa shape index (κ1) is 17.3. The minimum Gasteiger partial charge on any atom is -0.493 e. The number of aryl methyl sites for hydroxylation is 1. The van der Waals surface area contributed by atoms with Crippen LogP contribution < -0.4 is 9.47 Å². The van der Waals surface area contributed by atoms with Gasteiger partial charge in [0.1, 0.15) is 12.2 Å². The number of piperidine rings is 1. The summed E-state index contributed by atoms with van der Waals surface area (Å²) in [4.78, 5) is 18.9. The summed E-state index contributed by atoms with van der Waals surface area (Å²) < 4.78 is 10.6. The summed E-state index contributed by atoms with van der Waals surface area (Å²) in [6.07, 6.45) is 5.68. The molecule has 2 heterocycles. The first-order chi connectivity index (χ1) is 12.2. The van der Waals surface area contributed by atoms with E-state index >= 15 is 0 Å². The van der Waals surface area contributed by atoms with Crippen LogP contribution in [0.3, 0.4) is 0 Å². The molecule has 0 saturated carbocycles. The van der Waals surface area contributed by atoms with Gasteiger partial charge in [0, 0.05) is 13.0 Å². The van der Waals surface area contributed by atoms with Gasteiger partial charge in [0.2, 0.25) is 5.91 Å². The molecule has 1 N–H and O–H groups in total. The molecule has 1 amide bonds. The third kappa shape index (κ3) is 3.92. The maximum atomic E-state index is 12.8. The van der Waals surface area contributed by atoms with Crippen molar-refractivity contribution in [3.8, 4) is 11.5 Å². The van der Waals surface area contributed by atoms with Gasteiger partial charge in [-0.3, -0.25) is 9.89 Å². The van der Waals surface area contributed by atoms with Crippen molar-refractivity contribution in [1.29, 1.82) is 0 Å². The topological polar surface area (TPSA) is 80.3 Å². The van der Waals surface area contributed by atoms with Gasteiger partial charge in [-0.1, -0.05) is 6.07 Å². The molecule has 3 rings (SSSR count). The Hall–Kier alpha value is -2.57. The lowest BCUT2D eigenvalue weighted by molar-refractivity contribution is -0.135. The second-order valence-electron chi connectivity index (χ2n) is 6.16. The Bertz CT molecular complexity index is 702. The van der Waals surface area contributed by atoms with Crippen molar-refractivity contribution in [3.05, 3.63) is 35.9 Å². The average Bonchev–Trinajstić information content (AvgIpc) is 3.20. The zero-order chi connectivity index (χ0) is 17.6. The maximum Gasteiger partial charge on any atom is 0.223 e. The molecule has 1 atom stereocenters. The van der Waals surface area contributed by atoms with Crippen LogP contribution in [0, 0.1) is 0 Å². The zero-order valence-electron chi connectivity index (χ0n) is 14.7. The Morgan fingerprint density at radius 3 is 2.84 bits per heavy atom. The normalized spacial score (nSPS) is 17.4. The Labute approximate surface area is 147 Å². The van der Waals surface area contributed by atoms with Gasteiger partial charge in [-0.2, -0.15) is 5.10 Å². The molecule has 1 unspecified atom stereocenters. The van der Waals surface area contributed by atoms with Crippen molar-refractivity contribution in [1.82, 2.24) is 20.1 Å². The van der Waals surface area contributed by atoms with E-state index in [0.29, 0.717) is 24.3 Å². The van der Waals surface area contributed by atoms with Gasteiger partial charge in [-0.25, -0.2) is 4.98 Å². The molecule has 1 aromatic carbocycles. The number of methoxy groups -OCH3 is 2. The van der Waals surface area contributed by atoms with Gasteiger partial charge in [0.25, 0.3) is 0 Å². The van der Waals surface area contributed by atoms with Crippen LogP contribution in [0.15, 0.2) is 24.5 Å². The predicted molar refractivity (Wildman–Crippen MR) is 92.6 cm³/mol. The molecule has 0 spiro atoms. The third-order valence-electron chi connectivity index (χ3n) is 4.65. The van der Waals surface area contributed by atoms with Crippen LogP contribution >= 0.6 is 0 Å². The highest BCUT2D eigenvalue weighted by molar-refractivity contribution is 5.77. The van der Waals surface area contributed by atoms with Crippen molar-refractivity contribution in [2.75, 3.05) is 20.8 Å². The summed E-state index contributed by atoms with van der Waals surface area (Å²) in [5.74, 6) is 2.30. The van der Waals surface area contributed by atoms with Crippen molar-refractivity contribution < 1.29 is 14.3 Å². The number of aromatic amines is 1. The number of ether oxygens (including phenoxy) is 2. The van der Waals surface area contributed by atoms with Crippen LogP contribution in [0.2, 0.25) is 0 Å². The van der Waals surface area contributed by atoms with Gasteiger partial charge in [-0.05, 0) is 43.4 Å². The van der Waals surface area contributed by atoms with E-state index in [1.807, 2.05) is 23.1 Å². The fourth-order valence-electron chi connectivity index (χ4n) is 3.32. The highest BCUT2D eigenvalue weighted by atomic mass is 16.5. The number of hydrogen-bond donors (Lipinski definition) is 1. The molecule has 1 aliphatic heterocycles. The lowest BCUT2D eigenvalue weighted by atomic mass is 10.00. The lowest BCUT2D eigenvalue weighted by Crippen LogP contribution is -2.39. The number of nitrogens with one attached hydrogen (secondary N) is 1. The molecule has 1 fully saturated rings. The van der Waals surface area contributed by atoms with E-state index in [-0.39, 0.29) is 11.9 Å². The summed E-state index contributed by atoms with van der Waals surface area (Å²) in [5.41, 5.74) is 1.05. The number of H-pyrrole nitrogens is 1. The second-order valence-corrected chi connectivity index (χ2v) is 6.16. The minimum atomic E-state index is 0.00848. The average molecular weight is 344 g/mol. The molecule has 1 saturated heterocycles. The first-order valence-electron chi connectivity index (χ1n) is 8.58. The molecular weight excluding hydrogens is 320 g/mol. The van der Waals surface area contributed by atoms with Gasteiger partial charge in [0.15, 0.2) is 11.5 Å². The molecule has 0 aliphatic carbocycles. The van der Waals surface area contributed by atoms with E-state index in [1.165, 1.54) is 6.33 Å². The van der Waals surface area contributed by atoms with Crippen LogP contribution in [0.4, 0.5) is 0 Å². The second kappa shape index (κ2) is 8.00. The quantitative estimate of drug-likeness (QED) is 0.871. The van der Waals surface area contributed by atoms with E-state index in [2.05, 4.69) is 15.2 Å². The van der Waals surface area contributed by atoms with Crippen LogP contribution in [0.1, 0.15) is 43.1 Å². The molecule has 0 bridgehead atoms. The van der Waals surface area contributed by atoms with E-state index in [0.717, 1.165) is 37.2 Å². The monoisotopic (exact) mass is 344 g/mol. The van der Waals surface area contributed by atoms with E-state index in [4.69, 9.17) is 9.47 Å². The number of likely N-dealkylation sites (tertiary alicyclic amines) is 1. The molecule has 1 aliphatic rings. The third-order valence-corrected chi connectivity index (χ3v) is 4.65. The van der Waals surface area contributed by atoms with Gasteiger partial charge in [0.05, 0.1) is 20.3 Å². The summed E-state index contributed by atoms with van der Waals surface area (Å²) in [5, 5.41) is 6.83. The predicted octanol–water partition coefficient (Wildman–Crippen LogP) is 2.51. The van der Waals surface area contributed by atoms with E-state index in [9.17, 15) is 4.79 Å². The fourth-order valence-corrected chi connectivity index (χ4v) is 3.32. The molecular formula is C18H24N4O3. The summed E-state index contributed by atoms with van der Waals surface area (Å²) in [7, 11) is 3.23. The standard InChI is InChI=1S/C18H24N4O3/c1-24-15-8-6-13(11-16(15)25-2)7-9-17(23)22-10-4-3-5-14(22)18-19-12-20-21-18/h6,8,11-12,14H,3-5,7,9-10H2,1-2H3,(H,19,20,21). The Morgan fingerprint density at radius 1 is 1.28 bits per heavy atom. The van der Waals surface area contributed by atoms with Crippen LogP contribution in [0.25, 0.3) is 0 Å². The van der Waals surface area contributed by atoms with Crippen LogP contribution in [0.5, 0.6) is 11.5 Å². The number of hydrogen-bond acceptors (Lipinski definition) is 5. The molecule has 7 nitrogen and oxygen atoms in total. The van der Waals surface area contributed by atoms with Gasteiger partial charge in [-0.15, -0.1) is 0 Å². The van der Waals surface area contributed by atoms with Crippen LogP contribution in [-0.4, -0.2) is 46.8 Å². The van der Waals surface area contributed by atoms with Gasteiger partial charge >= 0.3 is 0 Å². The SMILES string of the molecule is COc1ccc(CCC(=O)N2CCCCC2c2ncn[nH]2)cc1OC. The largest absolute Gasteiger partial charge is 0.493 e. The van der Waals surface area contributed by atoms with Crippen molar-refractivity contribution in [2.45, 2.75) is 38.1 Å². The number of carbonyl (C=O) groups excluding carboxylic acids is 1. The lowest BCUT2D eigenvalue weighted by Gasteiger charge is -2.34. The molecule has 0 radical (unpaired) electrons. The Kier molecular flexibility index (Phi) is 5.53. The van der Waals surface area contributed by atoms with Crippen LogP contribution in [-0.2, 0) is 11.2 Å². The number of aromatic nitrogens is 3. The highest BCUT2D eigenvalue weighted by Gasteiger charge is 2.29. The molecule has 2 aromatic rings. The number of carbonyl (C=O) groups is 1. The molecule has 134 valence electrons. The number of amides is 1. The smallest absolute Gasteiger partial charge is 0.223 e. The number of nitrogens with zero attached hydrogens (tertiary/aromatic N) is 3. The van der Waals surface area contributed by atoms with Crippen molar-refractivity contribution in [3.63, 3.8) is 0 Å². The molecule has 1 aromatic heterocycles. The summed E-state index contributed by atoms with van der Waals surface area (Å²) in [6, 6.07) is 5.78. The number of benzene rings is 1. The molecule has 7 heteroatoms. The van der Waals surface area contributed by atoms with Gasteiger partial charge < -0.3 is 14.4 Å².